The third-order valence-electron chi connectivity index (χ3n) is 5.70. The molecule has 31 heavy (non-hydrogen) atoms. The lowest BCUT2D eigenvalue weighted by molar-refractivity contribution is -0.116. The van der Waals surface area contributed by atoms with Gasteiger partial charge < -0.3 is 15.2 Å². The molecule has 0 unspecified atom stereocenters. The van der Waals surface area contributed by atoms with Gasteiger partial charge in [0.25, 0.3) is 0 Å². The highest BCUT2D eigenvalue weighted by molar-refractivity contribution is 7.15. The highest BCUT2D eigenvalue weighted by Crippen LogP contribution is 2.32. The molecule has 1 amide bonds. The van der Waals surface area contributed by atoms with E-state index in [1.807, 2.05) is 30.3 Å². The van der Waals surface area contributed by atoms with Crippen molar-refractivity contribution in [1.82, 2.24) is 14.9 Å². The number of halogens is 1. The van der Waals surface area contributed by atoms with Crippen molar-refractivity contribution in [3.05, 3.63) is 70.5 Å². The molecule has 0 saturated heterocycles. The molecule has 0 bridgehead atoms. The molecule has 0 aliphatic carbocycles. The average molecular weight is 435 g/mol. The molecule has 0 radical (unpaired) electrons. The Hall–Kier alpha value is -3.03. The first-order valence-corrected chi connectivity index (χ1v) is 11.2. The Balaban J connectivity index is 1.37. The van der Waals surface area contributed by atoms with Crippen LogP contribution in [0, 0.1) is 5.82 Å². The first-order valence-electron chi connectivity index (χ1n) is 10.4. The number of benzene rings is 2. The van der Waals surface area contributed by atoms with Gasteiger partial charge in [-0.05, 0) is 42.8 Å². The lowest BCUT2D eigenvalue weighted by atomic mass is 10.0. The molecular formula is C24H23FN4OS. The fourth-order valence-electron chi connectivity index (χ4n) is 4.13. The predicted molar refractivity (Wildman–Crippen MR) is 123 cm³/mol. The number of nitrogens with zero attached hydrogens (tertiary/aromatic N) is 2. The summed E-state index contributed by atoms with van der Waals surface area (Å²) in [4.78, 5) is 24.2. The van der Waals surface area contributed by atoms with Crippen LogP contribution >= 0.6 is 11.3 Å². The van der Waals surface area contributed by atoms with Crippen LogP contribution in [0.3, 0.4) is 0 Å². The lowest BCUT2D eigenvalue weighted by Gasteiger charge is -2.20. The summed E-state index contributed by atoms with van der Waals surface area (Å²) in [5, 5.41) is 4.44. The first kappa shape index (κ1) is 19.9. The van der Waals surface area contributed by atoms with Crippen LogP contribution in [-0.2, 0) is 24.2 Å². The number of amides is 1. The van der Waals surface area contributed by atoms with Gasteiger partial charge in [0.1, 0.15) is 5.82 Å². The number of likely N-dealkylation sites (N-methyl/N-ethyl adjacent to an activating group) is 1. The molecule has 2 aromatic heterocycles. The molecule has 7 heteroatoms. The van der Waals surface area contributed by atoms with Crippen LogP contribution in [0.1, 0.15) is 22.6 Å². The summed E-state index contributed by atoms with van der Waals surface area (Å²) >= 11 is 1.55. The van der Waals surface area contributed by atoms with E-state index in [2.05, 4.69) is 27.2 Å². The Kier molecular flexibility index (Phi) is 5.29. The fourth-order valence-corrected chi connectivity index (χ4v) is 5.23. The Bertz CT molecular complexity index is 1250. The minimum atomic E-state index is -0.282. The van der Waals surface area contributed by atoms with E-state index in [1.165, 1.54) is 17.0 Å². The minimum Gasteiger partial charge on any atom is -0.354 e. The van der Waals surface area contributed by atoms with Crippen LogP contribution in [0.25, 0.3) is 22.2 Å². The molecule has 0 fully saturated rings. The van der Waals surface area contributed by atoms with Crippen molar-refractivity contribution >= 4 is 33.3 Å². The third kappa shape index (κ3) is 4.11. The first-order chi connectivity index (χ1) is 15.1. The van der Waals surface area contributed by atoms with Gasteiger partial charge >= 0.3 is 0 Å². The van der Waals surface area contributed by atoms with Crippen molar-refractivity contribution < 1.29 is 9.18 Å². The Labute approximate surface area is 183 Å². The van der Waals surface area contributed by atoms with Crippen molar-refractivity contribution in [3.63, 3.8) is 0 Å². The number of anilines is 1. The zero-order valence-electron chi connectivity index (χ0n) is 17.2. The minimum absolute atomic E-state index is 0.0794. The maximum atomic E-state index is 14.0. The quantitative estimate of drug-likeness (QED) is 0.465. The van der Waals surface area contributed by atoms with Crippen LogP contribution in [-0.4, -0.2) is 34.4 Å². The van der Waals surface area contributed by atoms with Crippen LogP contribution in [0.2, 0.25) is 0 Å². The normalized spacial score (nSPS) is 14.0. The summed E-state index contributed by atoms with van der Waals surface area (Å²) in [5.41, 5.74) is 4.87. The topological polar surface area (TPSA) is 61.0 Å². The Morgan fingerprint density at radius 1 is 1.26 bits per heavy atom. The zero-order chi connectivity index (χ0) is 21.4. The highest BCUT2D eigenvalue weighted by Gasteiger charge is 2.20. The van der Waals surface area contributed by atoms with Crippen LogP contribution in [0.15, 0.2) is 48.5 Å². The summed E-state index contributed by atoms with van der Waals surface area (Å²) < 4.78 is 14.0. The summed E-state index contributed by atoms with van der Waals surface area (Å²) in [6, 6.07) is 14.7. The predicted octanol–water partition coefficient (Wildman–Crippen LogP) is 4.99. The van der Waals surface area contributed by atoms with Gasteiger partial charge in [0.2, 0.25) is 5.91 Å². The number of nitrogens with one attached hydrogen (secondary N) is 2. The number of hydrogen-bond acceptors (Lipinski definition) is 4. The van der Waals surface area contributed by atoms with E-state index in [4.69, 9.17) is 0 Å². The fraction of sp³-hybridized carbons (Fsp3) is 0.250. The van der Waals surface area contributed by atoms with E-state index in [9.17, 15) is 9.18 Å². The number of aromatic amines is 1. The van der Waals surface area contributed by atoms with Crippen LogP contribution in [0.4, 0.5) is 9.52 Å². The molecule has 5 rings (SSSR count). The summed E-state index contributed by atoms with van der Waals surface area (Å²) in [7, 11) is 2.09. The zero-order valence-corrected chi connectivity index (χ0v) is 18.1. The number of carbonyl (C=O) groups excluding carboxylic acids is 1. The summed E-state index contributed by atoms with van der Waals surface area (Å²) in [5.74, 6) is -0.362. The molecule has 5 nitrogen and oxygen atoms in total. The number of aryl methyl sites for hydroxylation is 1. The average Bonchev–Trinajstić information content (AvgIpc) is 3.32. The van der Waals surface area contributed by atoms with E-state index in [1.54, 1.807) is 17.4 Å². The Morgan fingerprint density at radius 2 is 2.10 bits per heavy atom. The number of carbonyl (C=O) groups is 1. The second-order valence-electron chi connectivity index (χ2n) is 7.96. The van der Waals surface area contributed by atoms with Gasteiger partial charge in [-0.15, -0.1) is 11.3 Å². The molecule has 3 heterocycles. The van der Waals surface area contributed by atoms with Gasteiger partial charge in [-0.2, -0.15) is 0 Å². The third-order valence-corrected chi connectivity index (χ3v) is 6.70. The number of hydrogen-bond donors (Lipinski definition) is 2. The molecule has 0 saturated carbocycles. The van der Waals surface area contributed by atoms with E-state index in [-0.39, 0.29) is 11.7 Å². The van der Waals surface area contributed by atoms with Crippen molar-refractivity contribution in [2.24, 2.45) is 0 Å². The standard InChI is InChI=1S/C24H23FN4OS/c1-29-12-11-20-21(14-29)31-24(27-20)28-22(30)10-8-17-18-13-16(25)7-9-19(18)26-23(17)15-5-3-2-4-6-15/h2-7,9,13,26H,8,10-12,14H2,1H3,(H,27,28,30). The maximum absolute atomic E-state index is 14.0. The molecule has 2 aromatic carbocycles. The van der Waals surface area contributed by atoms with Gasteiger partial charge in [0.15, 0.2) is 5.13 Å². The molecule has 1 aliphatic rings. The molecule has 0 atom stereocenters. The van der Waals surface area contributed by atoms with Crippen molar-refractivity contribution in [2.75, 3.05) is 18.9 Å². The molecule has 2 N–H and O–H groups in total. The van der Waals surface area contributed by atoms with E-state index in [0.29, 0.717) is 18.0 Å². The molecule has 0 spiro atoms. The number of thiazole rings is 1. The maximum Gasteiger partial charge on any atom is 0.226 e. The molecule has 4 aromatic rings. The monoisotopic (exact) mass is 434 g/mol. The number of fused-ring (bicyclic) bond motifs is 2. The molecular weight excluding hydrogens is 411 g/mol. The molecule has 1 aliphatic heterocycles. The van der Waals surface area contributed by atoms with E-state index in [0.717, 1.165) is 52.9 Å². The van der Waals surface area contributed by atoms with Crippen molar-refractivity contribution in [3.8, 4) is 11.3 Å². The van der Waals surface area contributed by atoms with Gasteiger partial charge in [0.05, 0.1) is 5.69 Å². The summed E-state index contributed by atoms with van der Waals surface area (Å²) in [6.45, 7) is 1.87. The largest absolute Gasteiger partial charge is 0.354 e. The van der Waals surface area contributed by atoms with Crippen LogP contribution in [0.5, 0.6) is 0 Å². The number of rotatable bonds is 5. The lowest BCUT2D eigenvalue weighted by Crippen LogP contribution is -2.25. The second kappa shape index (κ2) is 8.24. The van der Waals surface area contributed by atoms with E-state index < -0.39 is 0 Å². The van der Waals surface area contributed by atoms with Crippen molar-refractivity contribution in [2.45, 2.75) is 25.8 Å². The number of H-pyrrole nitrogens is 1. The van der Waals surface area contributed by atoms with Gasteiger partial charge in [0, 0.05) is 47.4 Å². The van der Waals surface area contributed by atoms with Crippen molar-refractivity contribution in [1.29, 1.82) is 0 Å². The smallest absolute Gasteiger partial charge is 0.226 e. The number of aromatic nitrogens is 2. The van der Waals surface area contributed by atoms with Gasteiger partial charge in [-0.1, -0.05) is 30.3 Å². The highest BCUT2D eigenvalue weighted by atomic mass is 32.1. The molecule has 158 valence electrons. The SMILES string of the molecule is CN1CCc2nc(NC(=O)CCc3c(-c4ccccc4)[nH]c4ccc(F)cc34)sc2C1. The van der Waals surface area contributed by atoms with Crippen LogP contribution < -0.4 is 5.32 Å². The van der Waals surface area contributed by atoms with E-state index >= 15 is 0 Å². The van der Waals surface area contributed by atoms with Gasteiger partial charge in [-0.25, -0.2) is 9.37 Å². The Morgan fingerprint density at radius 3 is 2.94 bits per heavy atom. The second-order valence-corrected chi connectivity index (χ2v) is 9.04. The summed E-state index contributed by atoms with van der Waals surface area (Å²) in [6.07, 6.45) is 1.72. The van der Waals surface area contributed by atoms with Gasteiger partial charge in [-0.3, -0.25) is 4.79 Å².